The summed E-state index contributed by atoms with van der Waals surface area (Å²) >= 11 is 0. The van der Waals surface area contributed by atoms with Crippen molar-refractivity contribution in [1.29, 1.82) is 0 Å². The number of aliphatic hydroxyl groups excluding tert-OH is 1. The van der Waals surface area contributed by atoms with Gasteiger partial charge >= 0.3 is 0 Å². The van der Waals surface area contributed by atoms with Gasteiger partial charge in [-0.1, -0.05) is 44.5 Å². The van der Waals surface area contributed by atoms with E-state index in [4.69, 9.17) is 0 Å². The third-order valence-corrected chi connectivity index (χ3v) is 3.71. The van der Waals surface area contributed by atoms with Crippen LogP contribution < -0.4 is 0 Å². The highest BCUT2D eigenvalue weighted by atomic mass is 16.3. The first-order chi connectivity index (χ1) is 8.15. The third kappa shape index (κ3) is 3.57. The van der Waals surface area contributed by atoms with E-state index in [2.05, 4.69) is 38.1 Å². The van der Waals surface area contributed by atoms with Gasteiger partial charge in [-0.3, -0.25) is 0 Å². The summed E-state index contributed by atoms with van der Waals surface area (Å²) in [5.41, 5.74) is 2.87. The summed E-state index contributed by atoms with van der Waals surface area (Å²) in [6.45, 7) is 4.52. The molecule has 2 unspecified atom stereocenters. The number of benzene rings is 1. The molecule has 2 rings (SSSR count). The Hall–Kier alpha value is -0.820. The molecule has 0 heterocycles. The van der Waals surface area contributed by atoms with Crippen LogP contribution in [0.2, 0.25) is 0 Å². The average molecular weight is 232 g/mol. The van der Waals surface area contributed by atoms with E-state index in [1.807, 2.05) is 0 Å². The Morgan fingerprint density at radius 1 is 1.29 bits per heavy atom. The first-order valence-electron chi connectivity index (χ1n) is 6.92. The highest BCUT2D eigenvalue weighted by Gasteiger charge is 2.21. The molecule has 2 atom stereocenters. The molecule has 17 heavy (non-hydrogen) atoms. The van der Waals surface area contributed by atoms with Gasteiger partial charge in [0.15, 0.2) is 0 Å². The topological polar surface area (TPSA) is 20.2 Å². The Balaban J connectivity index is 2.09. The van der Waals surface area contributed by atoms with Crippen LogP contribution in [0.3, 0.4) is 0 Å². The summed E-state index contributed by atoms with van der Waals surface area (Å²) in [5.74, 6) is 1.29. The van der Waals surface area contributed by atoms with Gasteiger partial charge in [-0.25, -0.2) is 0 Å². The zero-order chi connectivity index (χ0) is 12.3. The summed E-state index contributed by atoms with van der Waals surface area (Å²) in [6, 6.07) is 8.98. The lowest BCUT2D eigenvalue weighted by molar-refractivity contribution is 0.119. The minimum absolute atomic E-state index is 0.0810. The molecule has 1 aliphatic carbocycles. The van der Waals surface area contributed by atoms with Crippen LogP contribution in [-0.4, -0.2) is 11.2 Å². The Morgan fingerprint density at radius 3 is 2.82 bits per heavy atom. The van der Waals surface area contributed by atoms with E-state index in [1.165, 1.54) is 24.0 Å². The van der Waals surface area contributed by atoms with Gasteiger partial charge in [0.2, 0.25) is 0 Å². The molecule has 0 saturated heterocycles. The van der Waals surface area contributed by atoms with Gasteiger partial charge in [-0.15, -0.1) is 0 Å². The lowest BCUT2D eigenvalue weighted by atomic mass is 9.82. The molecule has 1 nitrogen and oxygen atoms in total. The summed E-state index contributed by atoms with van der Waals surface area (Å²) in [6.07, 6.45) is 5.42. The average Bonchev–Trinajstić information content (AvgIpc) is 2.28. The second kappa shape index (κ2) is 5.68. The maximum absolute atomic E-state index is 9.76. The standard InChI is InChI=1S/C16H24O/c1-12(2)9-13-5-3-6-14(10-13)15-7-4-8-16(17)11-15/h3,5-6,10,12,15-17H,4,7-9,11H2,1-2H3. The fourth-order valence-electron chi connectivity index (χ4n) is 2.91. The Morgan fingerprint density at radius 2 is 2.12 bits per heavy atom. The number of aliphatic hydroxyl groups is 1. The molecule has 1 N–H and O–H groups in total. The van der Waals surface area contributed by atoms with Crippen molar-refractivity contribution in [2.75, 3.05) is 0 Å². The van der Waals surface area contributed by atoms with Gasteiger partial charge in [0.25, 0.3) is 0 Å². The van der Waals surface area contributed by atoms with Crippen LogP contribution >= 0.6 is 0 Å². The fraction of sp³-hybridized carbons (Fsp3) is 0.625. The largest absolute Gasteiger partial charge is 0.393 e. The summed E-state index contributed by atoms with van der Waals surface area (Å²) < 4.78 is 0. The minimum atomic E-state index is -0.0810. The van der Waals surface area contributed by atoms with Crippen molar-refractivity contribution in [1.82, 2.24) is 0 Å². The summed E-state index contributed by atoms with van der Waals surface area (Å²) in [7, 11) is 0. The van der Waals surface area contributed by atoms with Gasteiger partial charge in [0.1, 0.15) is 0 Å². The third-order valence-electron chi connectivity index (χ3n) is 3.71. The highest BCUT2D eigenvalue weighted by molar-refractivity contribution is 5.27. The van der Waals surface area contributed by atoms with Crippen LogP contribution in [0.5, 0.6) is 0 Å². The molecule has 0 aliphatic heterocycles. The van der Waals surface area contributed by atoms with Gasteiger partial charge in [0.05, 0.1) is 6.10 Å². The van der Waals surface area contributed by atoms with E-state index in [0.29, 0.717) is 11.8 Å². The zero-order valence-corrected chi connectivity index (χ0v) is 11.0. The second-order valence-corrected chi connectivity index (χ2v) is 5.86. The quantitative estimate of drug-likeness (QED) is 0.838. The van der Waals surface area contributed by atoms with Crippen molar-refractivity contribution < 1.29 is 5.11 Å². The van der Waals surface area contributed by atoms with Crippen molar-refractivity contribution in [2.24, 2.45) is 5.92 Å². The van der Waals surface area contributed by atoms with E-state index in [0.717, 1.165) is 19.3 Å². The minimum Gasteiger partial charge on any atom is -0.393 e. The van der Waals surface area contributed by atoms with Gasteiger partial charge in [-0.2, -0.15) is 0 Å². The lowest BCUT2D eigenvalue weighted by Crippen LogP contribution is -2.18. The predicted octanol–water partition coefficient (Wildman–Crippen LogP) is 3.90. The Bertz CT molecular complexity index is 356. The molecular formula is C16H24O. The van der Waals surface area contributed by atoms with Crippen LogP contribution in [0.4, 0.5) is 0 Å². The fourth-order valence-corrected chi connectivity index (χ4v) is 2.91. The van der Waals surface area contributed by atoms with Crippen molar-refractivity contribution >= 4 is 0 Å². The molecule has 1 aromatic carbocycles. The molecule has 0 radical (unpaired) electrons. The molecule has 94 valence electrons. The molecule has 1 heteroatoms. The molecule has 0 spiro atoms. The van der Waals surface area contributed by atoms with Crippen molar-refractivity contribution in [3.8, 4) is 0 Å². The van der Waals surface area contributed by atoms with Gasteiger partial charge in [-0.05, 0) is 48.6 Å². The first-order valence-corrected chi connectivity index (χ1v) is 6.92. The smallest absolute Gasteiger partial charge is 0.0546 e. The zero-order valence-electron chi connectivity index (χ0n) is 11.0. The van der Waals surface area contributed by atoms with Crippen LogP contribution in [-0.2, 0) is 6.42 Å². The molecule has 0 bridgehead atoms. The van der Waals surface area contributed by atoms with E-state index in [1.54, 1.807) is 0 Å². The van der Waals surface area contributed by atoms with Gasteiger partial charge in [0, 0.05) is 0 Å². The molecular weight excluding hydrogens is 208 g/mol. The van der Waals surface area contributed by atoms with E-state index >= 15 is 0 Å². The van der Waals surface area contributed by atoms with E-state index in [9.17, 15) is 5.11 Å². The SMILES string of the molecule is CC(C)Cc1cccc(C2CCCC(O)C2)c1. The van der Waals surface area contributed by atoms with E-state index < -0.39 is 0 Å². The maximum Gasteiger partial charge on any atom is 0.0546 e. The number of hydrogen-bond donors (Lipinski definition) is 1. The van der Waals surface area contributed by atoms with Crippen LogP contribution in [0.25, 0.3) is 0 Å². The first kappa shape index (κ1) is 12.6. The van der Waals surface area contributed by atoms with Crippen molar-refractivity contribution in [3.63, 3.8) is 0 Å². The lowest BCUT2D eigenvalue weighted by Gasteiger charge is -2.26. The highest BCUT2D eigenvalue weighted by Crippen LogP contribution is 2.33. The summed E-state index contributed by atoms with van der Waals surface area (Å²) in [4.78, 5) is 0. The molecule has 1 saturated carbocycles. The number of hydrogen-bond acceptors (Lipinski definition) is 1. The van der Waals surface area contributed by atoms with Crippen LogP contribution in [0.15, 0.2) is 24.3 Å². The predicted molar refractivity (Wildman–Crippen MR) is 72.2 cm³/mol. The number of rotatable bonds is 3. The molecule has 1 fully saturated rings. The Kier molecular flexibility index (Phi) is 4.22. The second-order valence-electron chi connectivity index (χ2n) is 5.86. The summed E-state index contributed by atoms with van der Waals surface area (Å²) in [5, 5.41) is 9.76. The van der Waals surface area contributed by atoms with Crippen molar-refractivity contribution in [3.05, 3.63) is 35.4 Å². The van der Waals surface area contributed by atoms with E-state index in [-0.39, 0.29) is 6.10 Å². The molecule has 0 aromatic heterocycles. The van der Waals surface area contributed by atoms with Crippen LogP contribution in [0, 0.1) is 5.92 Å². The van der Waals surface area contributed by atoms with Crippen molar-refractivity contribution in [2.45, 2.75) is 58.0 Å². The Labute approximate surface area is 105 Å². The normalized spacial score (nSPS) is 25.2. The molecule has 0 amide bonds. The molecule has 1 aromatic rings. The molecule has 1 aliphatic rings. The maximum atomic E-state index is 9.76. The monoisotopic (exact) mass is 232 g/mol. The van der Waals surface area contributed by atoms with Crippen LogP contribution in [0.1, 0.15) is 56.6 Å². The van der Waals surface area contributed by atoms with Gasteiger partial charge < -0.3 is 5.11 Å².